The van der Waals surface area contributed by atoms with E-state index in [1.165, 1.54) is 11.8 Å². The maximum absolute atomic E-state index is 12.7. The van der Waals surface area contributed by atoms with Crippen molar-refractivity contribution in [3.05, 3.63) is 0 Å². The predicted octanol–water partition coefficient (Wildman–Crippen LogP) is -3.66. The highest BCUT2D eigenvalue weighted by Crippen LogP contribution is 2.03. The summed E-state index contributed by atoms with van der Waals surface area (Å²) in [6.45, 7) is 0.0601. The van der Waals surface area contributed by atoms with E-state index in [1.807, 2.05) is 6.26 Å². The summed E-state index contributed by atoms with van der Waals surface area (Å²) >= 11 is 1.45. The maximum atomic E-state index is 12.7. The van der Waals surface area contributed by atoms with Gasteiger partial charge in [0.15, 0.2) is 11.9 Å². The van der Waals surface area contributed by atoms with Crippen molar-refractivity contribution in [2.24, 2.45) is 38.7 Å². The molecule has 15 nitrogen and oxygen atoms in total. The summed E-state index contributed by atoms with van der Waals surface area (Å²) in [5.41, 5.74) is 27.0. The fourth-order valence-electron chi connectivity index (χ4n) is 2.73. The third kappa shape index (κ3) is 16.1. The molecule has 16 heteroatoms. The van der Waals surface area contributed by atoms with Crippen LogP contribution < -0.4 is 44.6 Å². The zero-order chi connectivity index (χ0) is 26.8. The molecule has 0 bridgehead atoms. The molecule has 0 aromatic rings. The Hall–Kier alpha value is -3.27. The molecular formula is C19H38N10O5S. The number of thioether (sulfide) groups is 1. The molecule has 0 aliphatic rings. The van der Waals surface area contributed by atoms with Gasteiger partial charge in [-0.1, -0.05) is 0 Å². The number of nitrogens with two attached hydrogens (primary N) is 5. The van der Waals surface area contributed by atoms with Crippen LogP contribution in [0.2, 0.25) is 0 Å². The van der Waals surface area contributed by atoms with Gasteiger partial charge in [0, 0.05) is 13.1 Å². The minimum Gasteiger partial charge on any atom is -0.480 e. The van der Waals surface area contributed by atoms with Gasteiger partial charge in [-0.05, 0) is 44.1 Å². The number of amides is 3. The lowest BCUT2D eigenvalue weighted by atomic mass is 10.1. The SMILES string of the molecule is CSCCC(NC(=O)CNC(=O)C(CCCN=C(N)N)NC(=O)C(N)CCCN=C(N)N)C(=O)O. The van der Waals surface area contributed by atoms with Gasteiger partial charge in [-0.3, -0.25) is 24.4 Å². The summed E-state index contributed by atoms with van der Waals surface area (Å²) in [6, 6.07) is -2.99. The van der Waals surface area contributed by atoms with Crippen molar-refractivity contribution >= 4 is 47.4 Å². The van der Waals surface area contributed by atoms with E-state index in [0.29, 0.717) is 25.1 Å². The molecular weight excluding hydrogens is 480 g/mol. The standard InChI is InChI=1S/C19H38N10O5S/c1-35-9-6-13(17(33)34)28-14(30)10-27-16(32)12(5-3-8-26-19(23)24)29-15(31)11(20)4-2-7-25-18(21)22/h11-13H,2-10,20H2,1H3,(H,27,32)(H,28,30)(H,29,31)(H,33,34)(H4,21,22,25)(H4,23,24,26). The number of nitrogens with zero attached hydrogens (tertiary/aromatic N) is 2. The molecule has 200 valence electrons. The molecule has 0 spiro atoms. The molecule has 0 aromatic carbocycles. The van der Waals surface area contributed by atoms with E-state index in [4.69, 9.17) is 28.7 Å². The van der Waals surface area contributed by atoms with Crippen molar-refractivity contribution in [1.29, 1.82) is 0 Å². The lowest BCUT2D eigenvalue weighted by Gasteiger charge is -2.21. The van der Waals surface area contributed by atoms with Crippen LogP contribution in [0.25, 0.3) is 0 Å². The number of aliphatic imine (C=N–C) groups is 2. The number of hydrogen-bond acceptors (Lipinski definition) is 8. The topological polar surface area (TPSA) is 279 Å². The summed E-state index contributed by atoms with van der Waals surface area (Å²) in [7, 11) is 0. The van der Waals surface area contributed by atoms with Gasteiger partial charge in [0.05, 0.1) is 12.6 Å². The van der Waals surface area contributed by atoms with Crippen LogP contribution >= 0.6 is 11.8 Å². The molecule has 0 aromatic heterocycles. The monoisotopic (exact) mass is 518 g/mol. The Balaban J connectivity index is 4.96. The van der Waals surface area contributed by atoms with Gasteiger partial charge in [-0.2, -0.15) is 11.8 Å². The molecule has 35 heavy (non-hydrogen) atoms. The Labute approximate surface area is 208 Å². The Bertz CT molecular complexity index is 756. The van der Waals surface area contributed by atoms with Crippen molar-refractivity contribution in [2.75, 3.05) is 31.6 Å². The second-order valence-corrected chi connectivity index (χ2v) is 8.51. The second kappa shape index (κ2) is 18.1. The second-order valence-electron chi connectivity index (χ2n) is 7.52. The van der Waals surface area contributed by atoms with Gasteiger partial charge < -0.3 is 49.7 Å². The first-order valence-corrected chi connectivity index (χ1v) is 12.3. The molecule has 0 saturated carbocycles. The summed E-state index contributed by atoms with van der Waals surface area (Å²) in [5.74, 6) is -2.68. The lowest BCUT2D eigenvalue weighted by molar-refractivity contribution is -0.141. The summed E-state index contributed by atoms with van der Waals surface area (Å²) in [5, 5.41) is 16.5. The van der Waals surface area contributed by atoms with Crippen LogP contribution in [0, 0.1) is 0 Å². The van der Waals surface area contributed by atoms with Gasteiger partial charge in [0.2, 0.25) is 17.7 Å². The lowest BCUT2D eigenvalue weighted by Crippen LogP contribution is -2.53. The minimum atomic E-state index is -1.17. The number of rotatable bonds is 18. The van der Waals surface area contributed by atoms with Crippen LogP contribution in [0.1, 0.15) is 32.1 Å². The van der Waals surface area contributed by atoms with Crippen molar-refractivity contribution in [1.82, 2.24) is 16.0 Å². The van der Waals surface area contributed by atoms with Gasteiger partial charge in [0.25, 0.3) is 0 Å². The fraction of sp³-hybridized carbons (Fsp3) is 0.684. The quantitative estimate of drug-likeness (QED) is 0.0484. The Morgan fingerprint density at radius 3 is 1.94 bits per heavy atom. The molecule has 14 N–H and O–H groups in total. The first kappa shape index (κ1) is 31.7. The Kier molecular flexibility index (Phi) is 16.4. The van der Waals surface area contributed by atoms with Crippen molar-refractivity contribution < 1.29 is 24.3 Å². The van der Waals surface area contributed by atoms with Gasteiger partial charge >= 0.3 is 5.97 Å². The largest absolute Gasteiger partial charge is 0.480 e. The number of guanidine groups is 2. The highest BCUT2D eigenvalue weighted by molar-refractivity contribution is 7.98. The minimum absolute atomic E-state index is 0.0662. The molecule has 0 aliphatic carbocycles. The van der Waals surface area contributed by atoms with Gasteiger partial charge in [-0.15, -0.1) is 0 Å². The number of carbonyl (C=O) groups excluding carboxylic acids is 3. The molecule has 0 fully saturated rings. The Morgan fingerprint density at radius 2 is 1.43 bits per heavy atom. The van der Waals surface area contributed by atoms with Gasteiger partial charge in [0.1, 0.15) is 12.1 Å². The molecule has 0 radical (unpaired) electrons. The first-order chi connectivity index (χ1) is 16.5. The highest BCUT2D eigenvalue weighted by Gasteiger charge is 2.25. The van der Waals surface area contributed by atoms with Gasteiger partial charge in [-0.25, -0.2) is 4.79 Å². The molecule has 0 rings (SSSR count). The Morgan fingerprint density at radius 1 is 0.857 bits per heavy atom. The van der Waals surface area contributed by atoms with E-state index >= 15 is 0 Å². The highest BCUT2D eigenvalue weighted by atomic mass is 32.2. The zero-order valence-corrected chi connectivity index (χ0v) is 20.7. The van der Waals surface area contributed by atoms with Crippen molar-refractivity contribution in [3.63, 3.8) is 0 Å². The van der Waals surface area contributed by atoms with E-state index in [9.17, 15) is 24.3 Å². The number of aliphatic carboxylic acids is 1. The van der Waals surface area contributed by atoms with E-state index in [0.717, 1.165) is 0 Å². The third-order valence-corrected chi connectivity index (χ3v) is 5.19. The van der Waals surface area contributed by atoms with Crippen LogP contribution in [0.3, 0.4) is 0 Å². The van der Waals surface area contributed by atoms with Crippen LogP contribution in [-0.4, -0.2) is 90.5 Å². The van der Waals surface area contributed by atoms with Crippen molar-refractivity contribution in [2.45, 2.75) is 50.2 Å². The smallest absolute Gasteiger partial charge is 0.326 e. The normalized spacial score (nSPS) is 13.0. The third-order valence-electron chi connectivity index (χ3n) is 4.55. The number of carboxylic acid groups (broad SMARTS) is 1. The fourth-order valence-corrected chi connectivity index (χ4v) is 3.20. The number of nitrogens with one attached hydrogen (secondary N) is 3. The number of carboxylic acids is 1. The summed E-state index contributed by atoms with van der Waals surface area (Å²) < 4.78 is 0. The van der Waals surface area contributed by atoms with Crippen LogP contribution in [0.4, 0.5) is 0 Å². The molecule has 3 atom stereocenters. The summed E-state index contributed by atoms with van der Waals surface area (Å²) in [6.07, 6.45) is 3.31. The molecule has 0 saturated heterocycles. The van der Waals surface area contributed by atoms with E-state index in [2.05, 4.69) is 25.9 Å². The maximum Gasteiger partial charge on any atom is 0.326 e. The average Bonchev–Trinajstić information content (AvgIpc) is 2.78. The van der Waals surface area contributed by atoms with Crippen LogP contribution in [-0.2, 0) is 19.2 Å². The van der Waals surface area contributed by atoms with Crippen molar-refractivity contribution in [3.8, 4) is 0 Å². The van der Waals surface area contributed by atoms with Crippen LogP contribution in [0.5, 0.6) is 0 Å². The zero-order valence-electron chi connectivity index (χ0n) is 19.9. The number of hydrogen-bond donors (Lipinski definition) is 9. The first-order valence-electron chi connectivity index (χ1n) is 10.9. The van der Waals surface area contributed by atoms with E-state index < -0.39 is 48.4 Å². The molecule has 3 unspecified atom stereocenters. The number of carbonyl (C=O) groups is 4. The van der Waals surface area contributed by atoms with E-state index in [1.54, 1.807) is 0 Å². The predicted molar refractivity (Wildman–Crippen MR) is 135 cm³/mol. The van der Waals surface area contributed by atoms with Crippen LogP contribution in [0.15, 0.2) is 9.98 Å². The summed E-state index contributed by atoms with van der Waals surface area (Å²) in [4.78, 5) is 56.2. The molecule has 0 heterocycles. The average molecular weight is 519 g/mol. The molecule has 3 amide bonds. The van der Waals surface area contributed by atoms with E-state index in [-0.39, 0.29) is 37.7 Å². The molecule has 0 aliphatic heterocycles.